The molecule has 8 nitrogen and oxygen atoms in total. The fraction of sp³-hybridized carbons (Fsp3) is 0. The van der Waals surface area contributed by atoms with Crippen LogP contribution in [0.25, 0.3) is 176 Å². The average molecular weight is 1200 g/mol. The van der Waals surface area contributed by atoms with Crippen LogP contribution in [0.4, 0.5) is 0 Å². The van der Waals surface area contributed by atoms with Gasteiger partial charge in [-0.25, -0.2) is 0 Å². The lowest BCUT2D eigenvalue weighted by atomic mass is 9.96. The predicted molar refractivity (Wildman–Crippen MR) is 387 cm³/mol. The van der Waals surface area contributed by atoms with E-state index in [4.69, 9.17) is 0 Å². The molecule has 0 radical (unpaired) electrons. The summed E-state index contributed by atoms with van der Waals surface area (Å²) in [6, 6.07) is 114. The summed E-state index contributed by atoms with van der Waals surface area (Å²) in [5.41, 5.74) is 20.4. The zero-order valence-electron chi connectivity index (χ0n) is 50.4. The molecule has 0 aliphatic rings. The SMILES string of the molecule is N#Cc1ccccc1-c1cc(-n2c3ccccc3c3c4c(c5ccccc5n4-c4ccccc4)c4c(c5ccccc5n4-c4ccccc4)c32)c(C#N)c(-n2c3ccccc3c3c4c(c5ccccc5n4-c4ccccc4)c4c(c5ccccc5n4-c4ccccc4)c32)c1. The summed E-state index contributed by atoms with van der Waals surface area (Å²) < 4.78 is 14.6. The Morgan fingerprint density at radius 3 is 0.734 bits per heavy atom. The minimum Gasteiger partial charge on any atom is -0.308 e. The van der Waals surface area contributed by atoms with Crippen molar-refractivity contribution in [3.05, 3.63) is 314 Å². The van der Waals surface area contributed by atoms with Crippen LogP contribution in [0.5, 0.6) is 0 Å². The summed E-state index contributed by atoms with van der Waals surface area (Å²) in [5, 5.41) is 37.1. The number of fused-ring (bicyclic) bond motifs is 24. The molecular formula is C86H50N8. The molecule has 0 saturated carbocycles. The van der Waals surface area contributed by atoms with Gasteiger partial charge in [-0.05, 0) is 114 Å². The number of hydrogen-bond acceptors (Lipinski definition) is 2. The van der Waals surface area contributed by atoms with Crippen molar-refractivity contribution in [3.63, 3.8) is 0 Å². The zero-order valence-corrected chi connectivity index (χ0v) is 50.4. The molecule has 94 heavy (non-hydrogen) atoms. The average Bonchev–Trinajstić information content (AvgIpc) is 1.51. The molecule has 0 fully saturated rings. The lowest BCUT2D eigenvalue weighted by molar-refractivity contribution is 1.12. The van der Waals surface area contributed by atoms with E-state index in [1.165, 1.54) is 0 Å². The molecule has 0 atom stereocenters. The molecule has 0 aliphatic carbocycles. The minimum absolute atomic E-state index is 0.468. The smallest absolute Gasteiger partial charge is 0.104 e. The van der Waals surface area contributed by atoms with Gasteiger partial charge in [-0.15, -0.1) is 0 Å². The third-order valence-electron chi connectivity index (χ3n) is 19.8. The highest BCUT2D eigenvalue weighted by molar-refractivity contribution is 6.42. The second kappa shape index (κ2) is 19.7. The van der Waals surface area contributed by atoms with Crippen molar-refractivity contribution in [1.29, 1.82) is 10.5 Å². The quantitative estimate of drug-likeness (QED) is 0.159. The number of para-hydroxylation sites is 10. The Morgan fingerprint density at radius 1 is 0.223 bits per heavy atom. The number of hydrogen-bond donors (Lipinski definition) is 0. The maximum atomic E-state index is 12.9. The maximum Gasteiger partial charge on any atom is 0.104 e. The molecule has 0 bridgehead atoms. The van der Waals surface area contributed by atoms with Crippen LogP contribution in [-0.2, 0) is 0 Å². The Kier molecular flexibility index (Phi) is 10.8. The molecule has 6 heterocycles. The highest BCUT2D eigenvalue weighted by atomic mass is 15.1. The molecule has 0 aliphatic heterocycles. The van der Waals surface area contributed by atoms with Gasteiger partial charge in [0.1, 0.15) is 11.6 Å². The summed E-state index contributed by atoms with van der Waals surface area (Å²) in [7, 11) is 0. The van der Waals surface area contributed by atoms with Gasteiger partial charge in [-0.1, -0.05) is 200 Å². The summed E-state index contributed by atoms with van der Waals surface area (Å²) in [6.45, 7) is 0. The Morgan fingerprint density at radius 2 is 0.457 bits per heavy atom. The molecule has 0 N–H and O–H groups in total. The molecule has 8 heteroatoms. The molecule has 0 saturated heterocycles. The fourth-order valence-corrected chi connectivity index (χ4v) is 16.2. The molecule has 0 amide bonds. The van der Waals surface area contributed by atoms with Crippen LogP contribution in [0.3, 0.4) is 0 Å². The van der Waals surface area contributed by atoms with Gasteiger partial charge in [-0.3, -0.25) is 0 Å². The van der Waals surface area contributed by atoms with Gasteiger partial charge >= 0.3 is 0 Å². The van der Waals surface area contributed by atoms with Crippen LogP contribution in [0, 0.1) is 22.7 Å². The van der Waals surface area contributed by atoms with Gasteiger partial charge in [0.05, 0.1) is 89.2 Å². The van der Waals surface area contributed by atoms with Crippen LogP contribution in [0.2, 0.25) is 0 Å². The summed E-state index contributed by atoms with van der Waals surface area (Å²) in [6.07, 6.45) is 0. The van der Waals surface area contributed by atoms with Crippen LogP contribution in [0.1, 0.15) is 11.1 Å². The first-order valence-corrected chi connectivity index (χ1v) is 31.8. The van der Waals surface area contributed by atoms with Gasteiger partial charge in [0.25, 0.3) is 0 Å². The second-order valence-corrected chi connectivity index (χ2v) is 24.5. The standard InChI is InChI=1S/C86H50N8/c87-51-53-27-13-14-36-59(53)54-49-73(93-71-47-25-19-41-64(71)79-83-75(60-37-15-21-43-67(60)89(83)55-28-5-1-6-29-55)81-77(85(79)93)62-39-17-23-45-69(62)91(81)57-32-9-3-10-33-57)66(52-88)74(50-54)94-72-48-26-20-42-65(72)80-84-76(61-38-16-22-44-68(61)90(84)56-30-7-2-8-31-56)82-78(86(80)94)63-40-18-24-46-70(63)92(82)58-34-11-4-12-35-58/h1-50H. The lowest BCUT2D eigenvalue weighted by Crippen LogP contribution is -2.06. The van der Waals surface area contributed by atoms with Crippen LogP contribution < -0.4 is 0 Å². The zero-order chi connectivity index (χ0) is 61.9. The Hall–Kier alpha value is -13.1. The van der Waals surface area contributed by atoms with E-state index in [0.717, 1.165) is 165 Å². The third kappa shape index (κ3) is 6.87. The van der Waals surface area contributed by atoms with Gasteiger partial charge in [0.2, 0.25) is 0 Å². The normalized spacial score (nSPS) is 12.0. The number of aromatic nitrogens is 6. The maximum absolute atomic E-state index is 12.9. The van der Waals surface area contributed by atoms with E-state index in [0.29, 0.717) is 22.5 Å². The molecule has 434 valence electrons. The summed E-state index contributed by atoms with van der Waals surface area (Å²) >= 11 is 0. The van der Waals surface area contributed by atoms with Gasteiger partial charge in [0.15, 0.2) is 0 Å². The van der Waals surface area contributed by atoms with E-state index in [1.54, 1.807) is 0 Å². The van der Waals surface area contributed by atoms with Crippen molar-refractivity contribution in [2.24, 2.45) is 0 Å². The van der Waals surface area contributed by atoms with E-state index in [1.807, 2.05) is 24.3 Å². The number of benzene rings is 14. The highest BCUT2D eigenvalue weighted by Gasteiger charge is 2.33. The van der Waals surface area contributed by atoms with E-state index < -0.39 is 0 Å². The Bertz CT molecular complexity index is 6210. The molecule has 14 aromatic carbocycles. The van der Waals surface area contributed by atoms with E-state index in [9.17, 15) is 10.5 Å². The topological polar surface area (TPSA) is 77.2 Å². The van der Waals surface area contributed by atoms with Gasteiger partial charge in [-0.2, -0.15) is 10.5 Å². The fourth-order valence-electron chi connectivity index (χ4n) is 16.2. The van der Waals surface area contributed by atoms with Gasteiger partial charge in [0, 0.05) is 87.4 Å². The lowest BCUT2D eigenvalue weighted by Gasteiger charge is -2.20. The largest absolute Gasteiger partial charge is 0.308 e. The highest BCUT2D eigenvalue weighted by Crippen LogP contribution is 2.54. The van der Waals surface area contributed by atoms with Crippen molar-refractivity contribution >= 4 is 131 Å². The van der Waals surface area contributed by atoms with Crippen molar-refractivity contribution in [1.82, 2.24) is 27.4 Å². The monoisotopic (exact) mass is 1190 g/mol. The molecule has 0 spiro atoms. The van der Waals surface area contributed by atoms with Crippen molar-refractivity contribution in [2.75, 3.05) is 0 Å². The summed E-state index contributed by atoms with van der Waals surface area (Å²) in [4.78, 5) is 0. The van der Waals surface area contributed by atoms with Crippen molar-refractivity contribution < 1.29 is 0 Å². The Labute approximate surface area is 537 Å². The predicted octanol–water partition coefficient (Wildman–Crippen LogP) is 21.7. The molecule has 0 unspecified atom stereocenters. The number of rotatable bonds is 7. The molecule has 20 aromatic rings. The first kappa shape index (κ1) is 51.7. The Balaban J connectivity index is 1.05. The molecular weight excluding hydrogens is 1150 g/mol. The number of nitrogens with zero attached hydrogens (tertiary/aromatic N) is 8. The van der Waals surface area contributed by atoms with Crippen molar-refractivity contribution in [2.45, 2.75) is 0 Å². The van der Waals surface area contributed by atoms with E-state index in [-0.39, 0.29) is 0 Å². The minimum atomic E-state index is 0.468. The van der Waals surface area contributed by atoms with E-state index >= 15 is 0 Å². The second-order valence-electron chi connectivity index (χ2n) is 24.5. The van der Waals surface area contributed by atoms with Crippen LogP contribution >= 0.6 is 0 Å². The first-order valence-electron chi connectivity index (χ1n) is 31.8. The van der Waals surface area contributed by atoms with Crippen LogP contribution in [-0.4, -0.2) is 27.4 Å². The van der Waals surface area contributed by atoms with Gasteiger partial charge < -0.3 is 27.4 Å². The molecule has 6 aromatic heterocycles. The van der Waals surface area contributed by atoms with E-state index in [2.05, 4.69) is 319 Å². The number of nitriles is 2. The molecule has 20 rings (SSSR count). The summed E-state index contributed by atoms with van der Waals surface area (Å²) in [5.74, 6) is 0. The third-order valence-corrected chi connectivity index (χ3v) is 19.8. The first-order chi connectivity index (χ1) is 46.7. The van der Waals surface area contributed by atoms with Crippen LogP contribution in [0.15, 0.2) is 303 Å². The van der Waals surface area contributed by atoms with Crippen molar-refractivity contribution in [3.8, 4) is 57.4 Å².